The van der Waals surface area contributed by atoms with E-state index in [1.54, 1.807) is 30.5 Å². The Morgan fingerprint density at radius 3 is 2.27 bits per heavy atom. The molecule has 218 valence electrons. The lowest BCUT2D eigenvalue weighted by Gasteiger charge is -2.57. The summed E-state index contributed by atoms with van der Waals surface area (Å²) in [4.78, 5) is 32.4. The highest BCUT2D eigenvalue weighted by Crippen LogP contribution is 2.55. The van der Waals surface area contributed by atoms with E-state index in [1.807, 2.05) is 34.5 Å². The van der Waals surface area contributed by atoms with E-state index in [0.717, 1.165) is 60.3 Å². The zero-order chi connectivity index (χ0) is 28.1. The number of hydrogen-bond acceptors (Lipinski definition) is 5. The van der Waals surface area contributed by atoms with Crippen molar-refractivity contribution in [3.8, 4) is 11.5 Å². The van der Waals surface area contributed by atoms with E-state index >= 15 is 0 Å². The highest BCUT2D eigenvalue weighted by Gasteiger charge is 2.51. The second-order valence-electron chi connectivity index (χ2n) is 12.2. The van der Waals surface area contributed by atoms with Crippen LogP contribution >= 0.6 is 11.3 Å². The first-order chi connectivity index (χ1) is 19.4. The molecule has 0 atom stereocenters. The lowest BCUT2D eigenvalue weighted by Crippen LogP contribution is -2.62. The van der Waals surface area contributed by atoms with Gasteiger partial charge in [-0.3, -0.25) is 4.79 Å². The van der Waals surface area contributed by atoms with Gasteiger partial charge in [-0.1, -0.05) is 25.5 Å². The second-order valence-corrected chi connectivity index (χ2v) is 13.3. The number of carbonyl (C=O) groups is 2. The molecule has 4 bridgehead atoms. The molecule has 1 N–H and O–H groups in total. The monoisotopic (exact) mass is 567 g/mol. The molecule has 4 fully saturated rings. The van der Waals surface area contributed by atoms with Crippen LogP contribution in [0.3, 0.4) is 0 Å². The summed E-state index contributed by atoms with van der Waals surface area (Å²) >= 11 is 1.65. The Morgan fingerprint density at radius 1 is 0.975 bits per heavy atom. The predicted octanol–water partition coefficient (Wildman–Crippen LogP) is 6.12. The number of carbonyl (C=O) groups excluding carboxylic acids is 2. The minimum Gasteiger partial charge on any atom is -0.493 e. The van der Waals surface area contributed by atoms with E-state index in [0.29, 0.717) is 37.6 Å². The number of amides is 3. The Labute approximate surface area is 243 Å². The van der Waals surface area contributed by atoms with Crippen LogP contribution in [0.2, 0.25) is 0 Å². The smallest absolute Gasteiger partial charge is 0.318 e. The van der Waals surface area contributed by atoms with Crippen LogP contribution in [0.15, 0.2) is 35.7 Å². The molecule has 1 aromatic carbocycles. The molecular weight excluding hydrogens is 522 g/mol. The van der Waals surface area contributed by atoms with Crippen LogP contribution in [0, 0.1) is 17.8 Å². The lowest BCUT2D eigenvalue weighted by molar-refractivity contribution is -0.132. The predicted molar refractivity (Wildman–Crippen MR) is 159 cm³/mol. The molecule has 40 heavy (non-hydrogen) atoms. The fourth-order valence-electron chi connectivity index (χ4n) is 7.62. The van der Waals surface area contributed by atoms with Crippen LogP contribution in [0.4, 0.5) is 4.79 Å². The van der Waals surface area contributed by atoms with E-state index in [4.69, 9.17) is 9.47 Å². The number of nitrogens with one attached hydrogen (secondary N) is 1. The zero-order valence-electron chi connectivity index (χ0n) is 24.3. The number of nitrogens with zero attached hydrogens (tertiary/aromatic N) is 2. The summed E-state index contributed by atoms with van der Waals surface area (Å²) in [5.74, 6) is 3.64. The fraction of sp³-hybridized carbons (Fsp3) is 0.625. The van der Waals surface area contributed by atoms with Gasteiger partial charge in [-0.25, -0.2) is 4.79 Å². The van der Waals surface area contributed by atoms with Gasteiger partial charge in [0.25, 0.3) is 0 Å². The van der Waals surface area contributed by atoms with Crippen molar-refractivity contribution >= 4 is 23.3 Å². The average Bonchev–Trinajstić information content (AvgIpc) is 3.45. The number of ether oxygens (including phenoxy) is 2. The highest BCUT2D eigenvalue weighted by atomic mass is 32.1. The van der Waals surface area contributed by atoms with Gasteiger partial charge in [-0.2, -0.15) is 0 Å². The van der Waals surface area contributed by atoms with E-state index in [1.165, 1.54) is 19.3 Å². The van der Waals surface area contributed by atoms with Crippen molar-refractivity contribution in [3.63, 3.8) is 0 Å². The van der Waals surface area contributed by atoms with Crippen molar-refractivity contribution in [2.75, 3.05) is 33.9 Å². The third-order valence-corrected chi connectivity index (χ3v) is 10.1. The second kappa shape index (κ2) is 12.8. The minimum absolute atomic E-state index is 0.00866. The Bertz CT molecular complexity index is 1120. The average molecular weight is 568 g/mol. The Kier molecular flexibility index (Phi) is 9.24. The maximum atomic E-state index is 13.8. The summed E-state index contributed by atoms with van der Waals surface area (Å²) in [5, 5.41) is 5.54. The van der Waals surface area contributed by atoms with Crippen molar-refractivity contribution in [1.82, 2.24) is 15.1 Å². The fourth-order valence-corrected chi connectivity index (χ4v) is 8.34. The maximum absolute atomic E-state index is 13.8. The topological polar surface area (TPSA) is 71.1 Å². The first-order valence-corrected chi connectivity index (χ1v) is 15.9. The standard InChI is InChI=1S/C32H45N3O4S/c1-4-5-11-35(31(37)33-32-18-24-14-25(19-32)16-26(15-24)20-32)22-30(36)34(21-27-7-6-13-40-27)12-10-23-8-9-28(38-2)29(17-23)39-3/h6-9,13,17,24-26H,4-5,10-12,14-16,18-22H2,1-3H3,(H,33,37). The van der Waals surface area contributed by atoms with Crippen molar-refractivity contribution < 1.29 is 19.1 Å². The molecule has 3 amide bonds. The maximum Gasteiger partial charge on any atom is 0.318 e. The first kappa shape index (κ1) is 28.8. The number of benzene rings is 1. The number of unbranched alkanes of at least 4 members (excludes halogenated alkanes) is 1. The van der Waals surface area contributed by atoms with Crippen LogP contribution < -0.4 is 14.8 Å². The molecular formula is C32H45N3O4S. The Hall–Kier alpha value is -2.74. The third kappa shape index (κ3) is 6.76. The molecule has 0 unspecified atom stereocenters. The van der Waals surface area contributed by atoms with Gasteiger partial charge in [0.1, 0.15) is 6.54 Å². The van der Waals surface area contributed by atoms with Crippen LogP contribution in [-0.4, -0.2) is 61.1 Å². The van der Waals surface area contributed by atoms with Gasteiger partial charge in [0.2, 0.25) is 5.91 Å². The van der Waals surface area contributed by atoms with E-state index in [9.17, 15) is 9.59 Å². The normalized spacial score (nSPS) is 24.5. The molecule has 0 saturated heterocycles. The third-order valence-electron chi connectivity index (χ3n) is 9.20. The molecule has 1 heterocycles. The van der Waals surface area contributed by atoms with E-state index in [2.05, 4.69) is 18.3 Å². The van der Waals surface area contributed by atoms with Gasteiger partial charge in [0, 0.05) is 23.5 Å². The molecule has 0 spiro atoms. The van der Waals surface area contributed by atoms with Crippen molar-refractivity contribution in [2.24, 2.45) is 17.8 Å². The van der Waals surface area contributed by atoms with Crippen LogP contribution in [0.1, 0.15) is 68.7 Å². The van der Waals surface area contributed by atoms with Gasteiger partial charge in [0.05, 0.1) is 20.8 Å². The molecule has 4 aliphatic rings. The molecule has 7 nitrogen and oxygen atoms in total. The van der Waals surface area contributed by atoms with Gasteiger partial charge in [-0.05, 0) is 98.3 Å². The number of urea groups is 1. The number of thiophene rings is 1. The van der Waals surface area contributed by atoms with E-state index < -0.39 is 0 Å². The van der Waals surface area contributed by atoms with Gasteiger partial charge in [0.15, 0.2) is 11.5 Å². The summed E-state index contributed by atoms with van der Waals surface area (Å²) in [6.07, 6.45) is 9.89. The summed E-state index contributed by atoms with van der Waals surface area (Å²) < 4.78 is 10.9. The lowest BCUT2D eigenvalue weighted by atomic mass is 9.53. The van der Waals surface area contributed by atoms with E-state index in [-0.39, 0.29) is 24.0 Å². The van der Waals surface area contributed by atoms with Gasteiger partial charge in [-0.15, -0.1) is 11.3 Å². The quantitative estimate of drug-likeness (QED) is 0.317. The zero-order valence-corrected chi connectivity index (χ0v) is 25.1. The van der Waals surface area contributed by atoms with Crippen molar-refractivity contribution in [2.45, 2.75) is 76.8 Å². The van der Waals surface area contributed by atoms with Gasteiger partial charge >= 0.3 is 6.03 Å². The summed E-state index contributed by atoms with van der Waals surface area (Å²) in [5.41, 5.74) is 1.01. The molecule has 4 saturated carbocycles. The summed E-state index contributed by atoms with van der Waals surface area (Å²) in [6, 6.07) is 9.92. The SMILES string of the molecule is CCCCN(CC(=O)N(CCc1ccc(OC)c(OC)c1)Cc1cccs1)C(=O)NC12CC3CC(CC(C3)C1)C2. The highest BCUT2D eigenvalue weighted by molar-refractivity contribution is 7.09. The van der Waals surface area contributed by atoms with Crippen LogP contribution in [0.25, 0.3) is 0 Å². The number of methoxy groups -OCH3 is 2. The van der Waals surface area contributed by atoms with Gasteiger partial charge < -0.3 is 24.6 Å². The van der Waals surface area contributed by atoms with Crippen molar-refractivity contribution in [1.29, 1.82) is 0 Å². The number of rotatable bonds is 13. The van der Waals surface area contributed by atoms with Crippen LogP contribution in [-0.2, 0) is 17.8 Å². The van der Waals surface area contributed by atoms with Crippen LogP contribution in [0.5, 0.6) is 11.5 Å². The number of hydrogen-bond donors (Lipinski definition) is 1. The summed E-state index contributed by atoms with van der Waals surface area (Å²) in [6.45, 7) is 3.94. The molecule has 2 aromatic rings. The molecule has 0 aliphatic heterocycles. The molecule has 8 heteroatoms. The Morgan fingerprint density at radius 2 is 1.68 bits per heavy atom. The summed E-state index contributed by atoms with van der Waals surface area (Å²) in [7, 11) is 3.26. The largest absolute Gasteiger partial charge is 0.493 e. The molecule has 4 aliphatic carbocycles. The first-order valence-electron chi connectivity index (χ1n) is 15.0. The minimum atomic E-state index is -0.0660. The Balaban J connectivity index is 1.27. The molecule has 6 rings (SSSR count). The molecule has 0 radical (unpaired) electrons. The van der Waals surface area contributed by atoms with Crippen molar-refractivity contribution in [3.05, 3.63) is 46.2 Å². The molecule has 1 aromatic heterocycles.